The Balaban J connectivity index is 1.78. The molecule has 0 radical (unpaired) electrons. The second-order valence-electron chi connectivity index (χ2n) is 7.12. The maximum Gasteiger partial charge on any atom is 0.134 e. The van der Waals surface area contributed by atoms with Gasteiger partial charge in [-0.1, -0.05) is 20.8 Å². The van der Waals surface area contributed by atoms with Crippen molar-refractivity contribution in [3.05, 3.63) is 71.8 Å². The lowest BCUT2D eigenvalue weighted by atomic mass is 9.86. The molecule has 0 saturated heterocycles. The van der Waals surface area contributed by atoms with E-state index in [1.165, 1.54) is 12.1 Å². The third-order valence-electron chi connectivity index (χ3n) is 3.93. The third kappa shape index (κ3) is 4.18. The van der Waals surface area contributed by atoms with Crippen LogP contribution < -0.4 is 15.8 Å². The average Bonchev–Trinajstić information content (AvgIpc) is 2.56. The van der Waals surface area contributed by atoms with Crippen molar-refractivity contribution >= 4 is 5.84 Å². The highest BCUT2D eigenvalue weighted by molar-refractivity contribution is 6.00. The van der Waals surface area contributed by atoms with E-state index in [1.54, 1.807) is 12.1 Å². The minimum Gasteiger partial charge on any atom is -0.457 e. The Kier molecular flexibility index (Phi) is 4.49. The van der Waals surface area contributed by atoms with Crippen molar-refractivity contribution in [2.75, 3.05) is 0 Å². The molecule has 0 fully saturated rings. The van der Waals surface area contributed by atoms with E-state index in [2.05, 4.69) is 26.1 Å². The second kappa shape index (κ2) is 6.59. The minimum atomic E-state index is -0.289. The van der Waals surface area contributed by atoms with E-state index >= 15 is 0 Å². The number of nitrogens with one attached hydrogen (secondary N) is 1. The zero-order valence-electron chi connectivity index (χ0n) is 14.6. The Labute approximate surface area is 147 Å². The Bertz CT molecular complexity index is 802. The quantitative estimate of drug-likeness (QED) is 0.882. The molecule has 1 aliphatic rings. The molecule has 0 amide bonds. The fourth-order valence-corrected chi connectivity index (χ4v) is 2.47. The molecule has 2 aromatic rings. The molecule has 2 aromatic carbocycles. The van der Waals surface area contributed by atoms with E-state index in [4.69, 9.17) is 15.5 Å². The van der Waals surface area contributed by atoms with Crippen LogP contribution in [0.1, 0.15) is 26.3 Å². The summed E-state index contributed by atoms with van der Waals surface area (Å²) in [4.78, 5) is 4.76. The maximum absolute atomic E-state index is 12.9. The molecule has 25 heavy (non-hydrogen) atoms. The van der Waals surface area contributed by atoms with Crippen LogP contribution in [0.4, 0.5) is 4.39 Å². The van der Waals surface area contributed by atoms with Crippen molar-refractivity contribution < 1.29 is 9.13 Å². The molecule has 5 heteroatoms. The molecule has 1 heterocycles. The normalized spacial score (nSPS) is 17.4. The minimum absolute atomic E-state index is 0.0103. The van der Waals surface area contributed by atoms with Crippen molar-refractivity contribution in [3.8, 4) is 11.5 Å². The van der Waals surface area contributed by atoms with E-state index in [1.807, 2.05) is 30.3 Å². The van der Waals surface area contributed by atoms with Crippen LogP contribution in [0.3, 0.4) is 0 Å². The lowest BCUT2D eigenvalue weighted by Crippen LogP contribution is -2.38. The van der Waals surface area contributed by atoms with Gasteiger partial charge in [-0.15, -0.1) is 0 Å². The van der Waals surface area contributed by atoms with Crippen LogP contribution in [0, 0.1) is 11.2 Å². The summed E-state index contributed by atoms with van der Waals surface area (Å²) in [6.45, 7) is 6.40. The Morgan fingerprint density at radius 3 is 2.12 bits per heavy atom. The average molecular weight is 339 g/mol. The number of hydrogen-bond acceptors (Lipinski definition) is 4. The molecule has 3 N–H and O–H groups in total. The van der Waals surface area contributed by atoms with Crippen molar-refractivity contribution in [3.63, 3.8) is 0 Å². The predicted molar refractivity (Wildman–Crippen MR) is 98.1 cm³/mol. The molecule has 4 nitrogen and oxygen atoms in total. The van der Waals surface area contributed by atoms with Crippen LogP contribution in [-0.2, 0) is 0 Å². The summed E-state index contributed by atoms with van der Waals surface area (Å²) in [5, 5.41) is 3.12. The number of ether oxygens (including phenoxy) is 1. The molecular weight excluding hydrogens is 317 g/mol. The monoisotopic (exact) mass is 339 g/mol. The molecule has 0 aliphatic carbocycles. The van der Waals surface area contributed by atoms with E-state index in [0.717, 1.165) is 11.4 Å². The van der Waals surface area contributed by atoms with Gasteiger partial charge in [0.25, 0.3) is 0 Å². The van der Waals surface area contributed by atoms with E-state index in [-0.39, 0.29) is 17.3 Å². The molecule has 1 unspecified atom stereocenters. The third-order valence-corrected chi connectivity index (χ3v) is 3.93. The number of aliphatic imine (C=N–C) groups is 1. The molecule has 130 valence electrons. The SMILES string of the molecule is CC(C)(C)C1C=C(N)NC(c2ccc(Oc3ccc(F)cc3)cc2)=N1. The highest BCUT2D eigenvalue weighted by Crippen LogP contribution is 2.27. The van der Waals surface area contributed by atoms with E-state index in [0.29, 0.717) is 17.3 Å². The molecule has 0 bridgehead atoms. The van der Waals surface area contributed by atoms with Crippen LogP contribution in [0.15, 0.2) is 65.4 Å². The van der Waals surface area contributed by atoms with Gasteiger partial charge in [-0.2, -0.15) is 0 Å². The van der Waals surface area contributed by atoms with Crippen LogP contribution >= 0.6 is 0 Å². The largest absolute Gasteiger partial charge is 0.457 e. The van der Waals surface area contributed by atoms with Gasteiger partial charge >= 0.3 is 0 Å². The van der Waals surface area contributed by atoms with Crippen LogP contribution in [0.25, 0.3) is 0 Å². The van der Waals surface area contributed by atoms with Gasteiger partial charge in [-0.3, -0.25) is 4.99 Å². The zero-order valence-corrected chi connectivity index (χ0v) is 14.6. The molecule has 3 rings (SSSR count). The van der Waals surface area contributed by atoms with Crippen LogP contribution in [0.2, 0.25) is 0 Å². The predicted octanol–water partition coefficient (Wildman–Crippen LogP) is 4.18. The first-order valence-electron chi connectivity index (χ1n) is 8.17. The summed E-state index contributed by atoms with van der Waals surface area (Å²) in [7, 11) is 0. The number of hydrogen-bond donors (Lipinski definition) is 2. The summed E-state index contributed by atoms with van der Waals surface area (Å²) in [5.74, 6) is 2.32. The molecular formula is C20H22FN3O. The topological polar surface area (TPSA) is 59.6 Å². The zero-order chi connectivity index (χ0) is 18.0. The number of amidine groups is 1. The molecule has 1 atom stereocenters. The van der Waals surface area contributed by atoms with Crippen molar-refractivity contribution in [1.29, 1.82) is 0 Å². The van der Waals surface area contributed by atoms with Gasteiger partial charge in [0.2, 0.25) is 0 Å². The molecule has 0 spiro atoms. The molecule has 1 aliphatic heterocycles. The van der Waals surface area contributed by atoms with Gasteiger partial charge in [0.05, 0.1) is 11.9 Å². The van der Waals surface area contributed by atoms with E-state index in [9.17, 15) is 4.39 Å². The second-order valence-corrected chi connectivity index (χ2v) is 7.12. The number of benzene rings is 2. The molecule has 0 aromatic heterocycles. The van der Waals surface area contributed by atoms with Gasteiger partial charge in [0, 0.05) is 5.56 Å². The van der Waals surface area contributed by atoms with Gasteiger partial charge in [-0.25, -0.2) is 4.39 Å². The Morgan fingerprint density at radius 1 is 1.00 bits per heavy atom. The first kappa shape index (κ1) is 17.0. The number of nitrogens with zero attached hydrogens (tertiary/aromatic N) is 1. The van der Waals surface area contributed by atoms with Crippen LogP contribution in [-0.4, -0.2) is 11.9 Å². The smallest absolute Gasteiger partial charge is 0.134 e. The highest BCUT2D eigenvalue weighted by Gasteiger charge is 2.26. The summed E-state index contributed by atoms with van der Waals surface area (Å²) < 4.78 is 18.7. The summed E-state index contributed by atoms with van der Waals surface area (Å²) >= 11 is 0. The Hall–Kier alpha value is -2.82. The molecule has 0 saturated carbocycles. The van der Waals surface area contributed by atoms with Gasteiger partial charge in [0.15, 0.2) is 0 Å². The first-order chi connectivity index (χ1) is 11.8. The standard InChI is InChI=1S/C20H22FN3O/c1-20(2,3)17-12-18(22)24-19(23-17)13-4-8-15(9-5-13)25-16-10-6-14(21)7-11-16/h4-12,17H,22H2,1-3H3,(H,23,24). The lowest BCUT2D eigenvalue weighted by Gasteiger charge is -2.29. The fourth-order valence-electron chi connectivity index (χ4n) is 2.47. The summed E-state index contributed by atoms with van der Waals surface area (Å²) in [5.41, 5.74) is 6.92. The first-order valence-corrected chi connectivity index (χ1v) is 8.17. The lowest BCUT2D eigenvalue weighted by molar-refractivity contribution is 0.363. The van der Waals surface area contributed by atoms with Crippen LogP contribution in [0.5, 0.6) is 11.5 Å². The van der Waals surface area contributed by atoms with Crippen molar-refractivity contribution in [1.82, 2.24) is 5.32 Å². The van der Waals surface area contributed by atoms with Gasteiger partial charge in [0.1, 0.15) is 23.2 Å². The Morgan fingerprint density at radius 2 is 1.56 bits per heavy atom. The number of nitrogens with two attached hydrogens (primary N) is 1. The summed E-state index contributed by atoms with van der Waals surface area (Å²) in [6.07, 6.45) is 1.94. The maximum atomic E-state index is 12.9. The number of halogens is 1. The fraction of sp³-hybridized carbons (Fsp3) is 0.250. The highest BCUT2D eigenvalue weighted by atomic mass is 19.1. The van der Waals surface area contributed by atoms with Gasteiger partial charge < -0.3 is 15.8 Å². The van der Waals surface area contributed by atoms with Gasteiger partial charge in [-0.05, 0) is 60.0 Å². The summed E-state index contributed by atoms with van der Waals surface area (Å²) in [6, 6.07) is 13.5. The number of rotatable bonds is 3. The van der Waals surface area contributed by atoms with Crippen molar-refractivity contribution in [2.24, 2.45) is 16.1 Å². The van der Waals surface area contributed by atoms with Crippen molar-refractivity contribution in [2.45, 2.75) is 26.8 Å². The van der Waals surface area contributed by atoms with E-state index < -0.39 is 0 Å².